The van der Waals surface area contributed by atoms with Gasteiger partial charge in [-0.2, -0.15) is 0 Å². The van der Waals surface area contributed by atoms with E-state index in [9.17, 15) is 4.79 Å². The summed E-state index contributed by atoms with van der Waals surface area (Å²) in [4.78, 5) is 20.6. The largest absolute Gasteiger partial charge is 0.399 e. The molecule has 0 saturated carbocycles. The van der Waals surface area contributed by atoms with E-state index in [-0.39, 0.29) is 5.56 Å². The molecule has 0 bridgehead atoms. The topological polar surface area (TPSA) is 64.2 Å². The Morgan fingerprint density at radius 1 is 1.08 bits per heavy atom. The fourth-order valence-corrected chi connectivity index (χ4v) is 3.74. The minimum atomic E-state index is -0.0522. The van der Waals surface area contributed by atoms with Crippen molar-refractivity contribution in [3.05, 3.63) is 64.2 Å². The van der Waals surface area contributed by atoms with Crippen LogP contribution in [0.25, 0.3) is 16.6 Å². The van der Waals surface area contributed by atoms with Gasteiger partial charge in [-0.05, 0) is 62.7 Å². The Kier molecular flexibility index (Phi) is 4.47. The third-order valence-electron chi connectivity index (χ3n) is 5.13. The zero-order valence-electron chi connectivity index (χ0n) is 15.1. The van der Waals surface area contributed by atoms with E-state index in [1.54, 1.807) is 16.7 Å². The molecule has 134 valence electrons. The molecule has 1 aromatic heterocycles. The van der Waals surface area contributed by atoms with Gasteiger partial charge in [0.2, 0.25) is 0 Å². The highest BCUT2D eigenvalue weighted by Gasteiger charge is 2.18. The minimum Gasteiger partial charge on any atom is -0.399 e. The molecule has 5 nitrogen and oxygen atoms in total. The Bertz CT molecular complexity index is 1000. The lowest BCUT2D eigenvalue weighted by atomic mass is 10.1. The van der Waals surface area contributed by atoms with Crippen LogP contribution in [0.2, 0.25) is 0 Å². The number of nitrogen functional groups attached to an aromatic ring is 1. The highest BCUT2D eigenvalue weighted by Crippen LogP contribution is 2.20. The number of hydrogen-bond acceptors (Lipinski definition) is 4. The van der Waals surface area contributed by atoms with Crippen LogP contribution in [0.15, 0.2) is 47.3 Å². The maximum absolute atomic E-state index is 13.3. The monoisotopic (exact) mass is 348 g/mol. The van der Waals surface area contributed by atoms with Gasteiger partial charge in [0.15, 0.2) is 0 Å². The predicted molar refractivity (Wildman–Crippen MR) is 106 cm³/mol. The quantitative estimate of drug-likeness (QED) is 0.738. The normalized spacial score (nSPS) is 15.4. The highest BCUT2D eigenvalue weighted by molar-refractivity contribution is 5.81. The van der Waals surface area contributed by atoms with Gasteiger partial charge >= 0.3 is 0 Å². The maximum Gasteiger partial charge on any atom is 0.266 e. The number of nitrogens with two attached hydrogens (primary N) is 1. The number of nitrogens with zero attached hydrogens (tertiary/aromatic N) is 3. The number of likely N-dealkylation sites (tertiary alicyclic amines) is 1. The molecule has 26 heavy (non-hydrogen) atoms. The van der Waals surface area contributed by atoms with Gasteiger partial charge in [0, 0.05) is 5.69 Å². The molecular formula is C21H24N4O. The Morgan fingerprint density at radius 3 is 2.62 bits per heavy atom. The van der Waals surface area contributed by atoms with Gasteiger partial charge in [0.1, 0.15) is 5.82 Å². The average molecular weight is 348 g/mol. The molecule has 1 fully saturated rings. The number of anilines is 1. The lowest BCUT2D eigenvalue weighted by Crippen LogP contribution is -2.33. The number of hydrogen-bond donors (Lipinski definition) is 1. The molecule has 0 amide bonds. The van der Waals surface area contributed by atoms with Crippen LogP contribution >= 0.6 is 0 Å². The van der Waals surface area contributed by atoms with Crippen LogP contribution in [0.3, 0.4) is 0 Å². The Balaban J connectivity index is 1.93. The molecule has 0 atom stereocenters. The molecule has 0 aliphatic carbocycles. The molecule has 0 spiro atoms. The standard InChI is InChI=1S/C21H24N4O/c1-15-7-3-4-8-19(15)25-20(14-24-11-5-2-6-12-24)23-18-10-9-16(22)13-17(18)21(25)26/h3-4,7-10,13H,2,5-6,11-12,14,22H2,1H3. The molecule has 1 aliphatic rings. The van der Waals surface area contributed by atoms with Gasteiger partial charge in [-0.1, -0.05) is 24.6 Å². The van der Waals surface area contributed by atoms with Crippen molar-refractivity contribution in [1.29, 1.82) is 0 Å². The molecule has 0 unspecified atom stereocenters. The van der Waals surface area contributed by atoms with E-state index in [1.807, 2.05) is 37.3 Å². The van der Waals surface area contributed by atoms with Crippen molar-refractivity contribution in [3.63, 3.8) is 0 Å². The van der Waals surface area contributed by atoms with Gasteiger partial charge in [-0.25, -0.2) is 4.98 Å². The third kappa shape index (κ3) is 3.10. The number of aromatic nitrogens is 2. The van der Waals surface area contributed by atoms with Gasteiger partial charge in [0.05, 0.1) is 23.1 Å². The van der Waals surface area contributed by atoms with E-state index in [1.165, 1.54) is 19.3 Å². The summed E-state index contributed by atoms with van der Waals surface area (Å²) in [5, 5.41) is 0.565. The Labute approximate surface area is 153 Å². The second kappa shape index (κ2) is 6.92. The fourth-order valence-electron chi connectivity index (χ4n) is 3.74. The van der Waals surface area contributed by atoms with E-state index in [2.05, 4.69) is 4.90 Å². The van der Waals surface area contributed by atoms with Crippen LogP contribution in [-0.4, -0.2) is 27.5 Å². The summed E-state index contributed by atoms with van der Waals surface area (Å²) in [6.07, 6.45) is 3.70. The van der Waals surface area contributed by atoms with Crippen molar-refractivity contribution < 1.29 is 0 Å². The number of benzene rings is 2. The summed E-state index contributed by atoms with van der Waals surface area (Å²) in [6.45, 7) is 4.83. The van der Waals surface area contributed by atoms with E-state index in [4.69, 9.17) is 10.7 Å². The van der Waals surface area contributed by atoms with Crippen LogP contribution in [-0.2, 0) is 6.54 Å². The van der Waals surface area contributed by atoms with Crippen molar-refractivity contribution in [3.8, 4) is 5.69 Å². The van der Waals surface area contributed by atoms with Gasteiger partial charge in [-0.15, -0.1) is 0 Å². The van der Waals surface area contributed by atoms with Crippen LogP contribution in [0, 0.1) is 6.92 Å². The van der Waals surface area contributed by atoms with Crippen LogP contribution in [0.5, 0.6) is 0 Å². The molecule has 0 radical (unpaired) electrons. The van der Waals surface area contributed by atoms with E-state index < -0.39 is 0 Å². The summed E-state index contributed by atoms with van der Waals surface area (Å²) < 4.78 is 1.77. The SMILES string of the molecule is Cc1ccccc1-n1c(CN2CCCCC2)nc2ccc(N)cc2c1=O. The summed E-state index contributed by atoms with van der Waals surface area (Å²) in [5.74, 6) is 0.795. The van der Waals surface area contributed by atoms with E-state index in [0.29, 0.717) is 23.1 Å². The van der Waals surface area contributed by atoms with Crippen LogP contribution in [0.4, 0.5) is 5.69 Å². The lowest BCUT2D eigenvalue weighted by molar-refractivity contribution is 0.214. The summed E-state index contributed by atoms with van der Waals surface area (Å²) in [7, 11) is 0. The Hall–Kier alpha value is -2.66. The van der Waals surface area contributed by atoms with Crippen LogP contribution in [0.1, 0.15) is 30.7 Å². The van der Waals surface area contributed by atoms with E-state index in [0.717, 1.165) is 30.2 Å². The maximum atomic E-state index is 13.3. The number of rotatable bonds is 3. The molecule has 1 saturated heterocycles. The zero-order chi connectivity index (χ0) is 18.1. The molecular weight excluding hydrogens is 324 g/mol. The first-order valence-corrected chi connectivity index (χ1v) is 9.23. The average Bonchev–Trinajstić information content (AvgIpc) is 2.65. The van der Waals surface area contributed by atoms with Crippen molar-refractivity contribution in [1.82, 2.24) is 14.5 Å². The van der Waals surface area contributed by atoms with Gasteiger partial charge in [-0.3, -0.25) is 14.3 Å². The molecule has 1 aliphatic heterocycles. The molecule has 3 aromatic rings. The first-order valence-electron chi connectivity index (χ1n) is 9.23. The van der Waals surface area contributed by atoms with Gasteiger partial charge in [0.25, 0.3) is 5.56 Å². The number of piperidine rings is 1. The Morgan fingerprint density at radius 2 is 1.85 bits per heavy atom. The summed E-state index contributed by atoms with van der Waals surface area (Å²) in [6, 6.07) is 13.3. The van der Waals surface area contributed by atoms with Crippen LogP contribution < -0.4 is 11.3 Å². The molecule has 2 heterocycles. The van der Waals surface area contributed by atoms with Crippen molar-refractivity contribution >= 4 is 16.6 Å². The number of para-hydroxylation sites is 1. The molecule has 4 rings (SSSR count). The second-order valence-electron chi connectivity index (χ2n) is 7.07. The lowest BCUT2D eigenvalue weighted by Gasteiger charge is -2.27. The smallest absolute Gasteiger partial charge is 0.266 e. The fraction of sp³-hybridized carbons (Fsp3) is 0.333. The third-order valence-corrected chi connectivity index (χ3v) is 5.13. The number of fused-ring (bicyclic) bond motifs is 1. The second-order valence-corrected chi connectivity index (χ2v) is 7.07. The van der Waals surface area contributed by atoms with E-state index >= 15 is 0 Å². The number of aryl methyl sites for hydroxylation is 1. The first kappa shape index (κ1) is 16.8. The predicted octanol–water partition coefficient (Wildman–Crippen LogP) is 3.26. The molecule has 5 heteroatoms. The molecule has 2 aromatic carbocycles. The highest BCUT2D eigenvalue weighted by atomic mass is 16.1. The first-order chi connectivity index (χ1) is 12.6. The summed E-state index contributed by atoms with van der Waals surface area (Å²) in [5.41, 5.74) is 9.10. The minimum absolute atomic E-state index is 0.0522. The van der Waals surface area contributed by atoms with Crippen molar-refractivity contribution in [2.24, 2.45) is 0 Å². The van der Waals surface area contributed by atoms with Crippen molar-refractivity contribution in [2.75, 3.05) is 18.8 Å². The molecule has 2 N–H and O–H groups in total. The zero-order valence-corrected chi connectivity index (χ0v) is 15.1. The summed E-state index contributed by atoms with van der Waals surface area (Å²) >= 11 is 0. The van der Waals surface area contributed by atoms with Gasteiger partial charge < -0.3 is 5.73 Å². The van der Waals surface area contributed by atoms with Crippen molar-refractivity contribution in [2.45, 2.75) is 32.7 Å².